The molecule has 6 heteroatoms. The summed E-state index contributed by atoms with van der Waals surface area (Å²) in [6.07, 6.45) is 1.47. The van der Waals surface area contributed by atoms with Crippen molar-refractivity contribution >= 4 is 28.4 Å². The number of rotatable bonds is 3. The number of aryl methyl sites for hydroxylation is 1. The first-order valence-corrected chi connectivity index (χ1v) is 6.48. The van der Waals surface area contributed by atoms with Crippen molar-refractivity contribution in [2.24, 2.45) is 0 Å². The molecule has 0 aliphatic heterocycles. The first kappa shape index (κ1) is 12.4. The average Bonchev–Trinajstić information content (AvgIpc) is 2.87. The van der Waals surface area contributed by atoms with Crippen molar-refractivity contribution in [3.8, 4) is 0 Å². The number of nitrogens with zero attached hydrogens (tertiary/aromatic N) is 5. The fourth-order valence-corrected chi connectivity index (χ4v) is 2.24. The summed E-state index contributed by atoms with van der Waals surface area (Å²) in [6.45, 7) is 2.76. The molecule has 0 unspecified atom stereocenters. The largest absolute Gasteiger partial charge is 0.383 e. The molecule has 3 rings (SSSR count). The predicted octanol–water partition coefficient (Wildman–Crippen LogP) is 2.20. The van der Waals surface area contributed by atoms with Gasteiger partial charge in [0.15, 0.2) is 11.5 Å². The number of nitrogens with two attached hydrogens (primary N) is 1. The Balaban J connectivity index is 2.21. The molecule has 0 bridgehead atoms. The van der Waals surface area contributed by atoms with Gasteiger partial charge in [0, 0.05) is 19.3 Å². The van der Waals surface area contributed by atoms with Gasteiger partial charge in [-0.3, -0.25) is 0 Å². The second kappa shape index (κ2) is 4.80. The number of para-hydroxylation sites is 1. The third-order valence-electron chi connectivity index (χ3n) is 3.30. The van der Waals surface area contributed by atoms with E-state index in [0.717, 1.165) is 29.1 Å². The number of hydrogen-bond donors (Lipinski definition) is 1. The van der Waals surface area contributed by atoms with Crippen molar-refractivity contribution in [3.63, 3.8) is 0 Å². The minimum Gasteiger partial charge on any atom is -0.383 e. The molecular formula is C14H16N6. The van der Waals surface area contributed by atoms with Gasteiger partial charge < -0.3 is 10.6 Å². The summed E-state index contributed by atoms with van der Waals surface area (Å²) in [5.41, 5.74) is 7.81. The third-order valence-corrected chi connectivity index (χ3v) is 3.30. The van der Waals surface area contributed by atoms with E-state index in [1.54, 1.807) is 0 Å². The van der Waals surface area contributed by atoms with Gasteiger partial charge in [0.25, 0.3) is 0 Å². The molecule has 2 N–H and O–H groups in total. The number of benzene rings is 1. The molecule has 1 aromatic carbocycles. The SMILES string of the molecule is CCn1nc(N(C)c2ccccc2)c2c(N)ncnc21. The van der Waals surface area contributed by atoms with Gasteiger partial charge >= 0.3 is 0 Å². The van der Waals surface area contributed by atoms with Crippen molar-refractivity contribution in [2.75, 3.05) is 17.7 Å². The number of aromatic nitrogens is 4. The lowest BCUT2D eigenvalue weighted by molar-refractivity contribution is 0.675. The lowest BCUT2D eigenvalue weighted by Crippen LogP contribution is -2.11. The predicted molar refractivity (Wildman–Crippen MR) is 79.9 cm³/mol. The smallest absolute Gasteiger partial charge is 0.168 e. The number of anilines is 3. The van der Waals surface area contributed by atoms with Crippen molar-refractivity contribution in [1.29, 1.82) is 0 Å². The zero-order chi connectivity index (χ0) is 14.1. The van der Waals surface area contributed by atoms with Gasteiger partial charge in [-0.15, -0.1) is 0 Å². The monoisotopic (exact) mass is 268 g/mol. The first-order valence-electron chi connectivity index (χ1n) is 6.48. The van der Waals surface area contributed by atoms with E-state index in [-0.39, 0.29) is 0 Å². The van der Waals surface area contributed by atoms with E-state index >= 15 is 0 Å². The van der Waals surface area contributed by atoms with Gasteiger partial charge in [0.05, 0.1) is 0 Å². The molecule has 6 nitrogen and oxygen atoms in total. The molecule has 2 heterocycles. The Morgan fingerprint density at radius 2 is 1.95 bits per heavy atom. The van der Waals surface area contributed by atoms with Gasteiger partial charge in [-0.25, -0.2) is 14.6 Å². The number of nitrogen functional groups attached to an aromatic ring is 1. The minimum absolute atomic E-state index is 0.451. The van der Waals surface area contributed by atoms with Gasteiger partial charge in [-0.2, -0.15) is 5.10 Å². The first-order chi connectivity index (χ1) is 9.72. The summed E-state index contributed by atoms with van der Waals surface area (Å²) < 4.78 is 1.84. The summed E-state index contributed by atoms with van der Waals surface area (Å²) in [7, 11) is 1.96. The summed E-state index contributed by atoms with van der Waals surface area (Å²) in [6, 6.07) is 10.0. The molecule has 0 amide bonds. The molecule has 0 fully saturated rings. The fraction of sp³-hybridized carbons (Fsp3) is 0.214. The van der Waals surface area contributed by atoms with Crippen molar-refractivity contribution in [3.05, 3.63) is 36.7 Å². The highest BCUT2D eigenvalue weighted by atomic mass is 15.4. The maximum absolute atomic E-state index is 6.01. The van der Waals surface area contributed by atoms with Crippen LogP contribution in [-0.4, -0.2) is 26.8 Å². The zero-order valence-corrected chi connectivity index (χ0v) is 11.5. The number of hydrogen-bond acceptors (Lipinski definition) is 5. The Hall–Kier alpha value is -2.63. The van der Waals surface area contributed by atoms with Crippen LogP contribution in [0.4, 0.5) is 17.3 Å². The molecule has 0 aliphatic carbocycles. The van der Waals surface area contributed by atoms with Gasteiger partial charge in [-0.05, 0) is 19.1 Å². The normalized spacial score (nSPS) is 10.9. The van der Waals surface area contributed by atoms with Crippen LogP contribution < -0.4 is 10.6 Å². The fourth-order valence-electron chi connectivity index (χ4n) is 2.24. The second-order valence-corrected chi connectivity index (χ2v) is 4.49. The highest BCUT2D eigenvalue weighted by Gasteiger charge is 2.18. The van der Waals surface area contributed by atoms with E-state index in [1.165, 1.54) is 6.33 Å². The van der Waals surface area contributed by atoms with Crippen molar-refractivity contribution in [2.45, 2.75) is 13.5 Å². The Kier molecular flexibility index (Phi) is 2.98. The Bertz CT molecular complexity index is 734. The summed E-state index contributed by atoms with van der Waals surface area (Å²) in [5, 5.41) is 5.40. The van der Waals surface area contributed by atoms with E-state index in [4.69, 9.17) is 5.73 Å². The Labute approximate surface area is 116 Å². The van der Waals surface area contributed by atoms with Gasteiger partial charge in [0.1, 0.15) is 17.5 Å². The van der Waals surface area contributed by atoms with E-state index in [2.05, 4.69) is 15.1 Å². The Morgan fingerprint density at radius 1 is 1.20 bits per heavy atom. The number of fused-ring (bicyclic) bond motifs is 1. The molecule has 20 heavy (non-hydrogen) atoms. The van der Waals surface area contributed by atoms with Crippen LogP contribution in [0.15, 0.2) is 36.7 Å². The zero-order valence-electron chi connectivity index (χ0n) is 11.5. The Morgan fingerprint density at radius 3 is 2.65 bits per heavy atom. The van der Waals surface area contributed by atoms with Crippen molar-refractivity contribution in [1.82, 2.24) is 19.7 Å². The maximum Gasteiger partial charge on any atom is 0.168 e. The molecular weight excluding hydrogens is 252 g/mol. The molecule has 0 saturated carbocycles. The highest BCUT2D eigenvalue weighted by molar-refractivity contribution is 5.97. The second-order valence-electron chi connectivity index (χ2n) is 4.49. The molecule has 3 aromatic rings. The lowest BCUT2D eigenvalue weighted by atomic mass is 10.2. The molecule has 0 spiro atoms. The highest BCUT2D eigenvalue weighted by Crippen LogP contribution is 2.31. The molecule has 0 radical (unpaired) electrons. The van der Waals surface area contributed by atoms with Crippen LogP contribution in [0.1, 0.15) is 6.92 Å². The van der Waals surface area contributed by atoms with E-state index in [9.17, 15) is 0 Å². The maximum atomic E-state index is 6.01. The summed E-state index contributed by atoms with van der Waals surface area (Å²) in [5.74, 6) is 1.22. The van der Waals surface area contributed by atoms with E-state index < -0.39 is 0 Å². The third kappa shape index (κ3) is 1.85. The van der Waals surface area contributed by atoms with Crippen LogP contribution in [0.25, 0.3) is 11.0 Å². The van der Waals surface area contributed by atoms with Gasteiger partial charge in [-0.1, -0.05) is 18.2 Å². The summed E-state index contributed by atoms with van der Waals surface area (Å²) in [4.78, 5) is 10.4. The molecule has 0 atom stereocenters. The minimum atomic E-state index is 0.451. The quantitative estimate of drug-likeness (QED) is 0.788. The topological polar surface area (TPSA) is 72.9 Å². The van der Waals surface area contributed by atoms with Crippen LogP contribution in [0.3, 0.4) is 0 Å². The summed E-state index contributed by atoms with van der Waals surface area (Å²) >= 11 is 0. The molecule has 0 saturated heterocycles. The molecule has 102 valence electrons. The van der Waals surface area contributed by atoms with Crippen molar-refractivity contribution < 1.29 is 0 Å². The van der Waals surface area contributed by atoms with Crippen LogP contribution in [0, 0.1) is 0 Å². The van der Waals surface area contributed by atoms with Gasteiger partial charge in [0.2, 0.25) is 0 Å². The molecule has 2 aromatic heterocycles. The lowest BCUT2D eigenvalue weighted by Gasteiger charge is -2.16. The van der Waals surface area contributed by atoms with Crippen LogP contribution in [0.2, 0.25) is 0 Å². The average molecular weight is 268 g/mol. The van der Waals surface area contributed by atoms with Crippen LogP contribution >= 0.6 is 0 Å². The molecule has 0 aliphatic rings. The standard InChI is InChI=1S/C14H16N6/c1-3-20-13-11(12(15)16-9-17-13)14(18-20)19(2)10-7-5-4-6-8-10/h4-9H,3H2,1-2H3,(H2,15,16,17). The van der Waals surface area contributed by atoms with E-state index in [1.807, 2.05) is 53.9 Å². The van der Waals surface area contributed by atoms with Crippen LogP contribution in [0.5, 0.6) is 0 Å². The van der Waals surface area contributed by atoms with E-state index in [0.29, 0.717) is 5.82 Å². The van der Waals surface area contributed by atoms with Crippen LogP contribution in [-0.2, 0) is 6.54 Å².